The number of unbranched alkanes of at least 4 members (excludes halogenated alkanes) is 1. The highest BCUT2D eigenvalue weighted by Crippen LogP contribution is 2.16. The van der Waals surface area contributed by atoms with Crippen LogP contribution in [0.15, 0.2) is 73.3 Å². The Bertz CT molecular complexity index is 984. The molecule has 12 nitrogen and oxygen atoms in total. The maximum absolute atomic E-state index is 12.0. The SMILES string of the molecule is C=CCC(O)C(OC)OC.CCCCC(OC(=O)c1ccccc1)C(OC)OC.COC(OC)C(CCCO)OC(=O)c1ccccc1. The van der Waals surface area contributed by atoms with Crippen molar-refractivity contribution < 1.29 is 57.7 Å². The molecule has 0 fully saturated rings. The van der Waals surface area contributed by atoms with Crippen molar-refractivity contribution in [1.82, 2.24) is 0 Å². The second-order valence-electron chi connectivity index (χ2n) is 10.2. The molecule has 0 bridgehead atoms. The van der Waals surface area contributed by atoms with Crippen LogP contribution < -0.4 is 0 Å². The van der Waals surface area contributed by atoms with E-state index in [4.69, 9.17) is 43.0 Å². The zero-order valence-electron chi connectivity index (χ0n) is 29.4. The number of esters is 2. The molecule has 0 aliphatic rings. The van der Waals surface area contributed by atoms with Crippen molar-refractivity contribution in [1.29, 1.82) is 0 Å². The van der Waals surface area contributed by atoms with E-state index in [1.165, 1.54) is 28.4 Å². The van der Waals surface area contributed by atoms with E-state index in [0.29, 0.717) is 30.4 Å². The van der Waals surface area contributed by atoms with Crippen LogP contribution in [0.2, 0.25) is 0 Å². The molecule has 0 aliphatic heterocycles. The standard InChI is InChI=1S/C15H22O4.C14H20O5.C7H14O3/c1-4-5-11-13(15(17-2)18-3)19-14(16)12-9-7-6-8-10-12;1-17-14(18-2)12(9-6-10-15)19-13(16)11-7-4-3-5-8-11;1-4-5-6(8)7(9-2)10-3/h6-10,13,15H,4-5,11H2,1-3H3;3-5,7-8,12,14-15H,6,9-10H2,1-2H3;4,6-8H,1,5H2,2-3H3. The molecule has 0 saturated carbocycles. The van der Waals surface area contributed by atoms with Gasteiger partial charge in [-0.3, -0.25) is 0 Å². The fraction of sp³-hybridized carbons (Fsp3) is 0.556. The van der Waals surface area contributed by atoms with Gasteiger partial charge in [0.05, 0.1) is 11.1 Å². The molecule has 2 aromatic rings. The average Bonchev–Trinajstić information content (AvgIpc) is 3.12. The van der Waals surface area contributed by atoms with Gasteiger partial charge in [-0.1, -0.05) is 55.8 Å². The van der Waals surface area contributed by atoms with E-state index in [9.17, 15) is 14.7 Å². The zero-order chi connectivity index (χ0) is 36.2. The first-order valence-corrected chi connectivity index (χ1v) is 15.8. The van der Waals surface area contributed by atoms with Crippen molar-refractivity contribution in [2.45, 2.75) is 82.6 Å². The summed E-state index contributed by atoms with van der Waals surface area (Å²) in [7, 11) is 9.03. The Kier molecular flexibility index (Phi) is 26.9. The number of ether oxygens (including phenoxy) is 8. The van der Waals surface area contributed by atoms with Crippen LogP contribution in [0.25, 0.3) is 0 Å². The molecule has 2 aromatic carbocycles. The number of hydrogen-bond acceptors (Lipinski definition) is 12. The highest BCUT2D eigenvalue weighted by Gasteiger charge is 2.26. The predicted molar refractivity (Wildman–Crippen MR) is 181 cm³/mol. The van der Waals surface area contributed by atoms with Gasteiger partial charge in [-0.25, -0.2) is 9.59 Å². The van der Waals surface area contributed by atoms with Gasteiger partial charge in [0, 0.05) is 49.3 Å². The van der Waals surface area contributed by atoms with E-state index >= 15 is 0 Å². The van der Waals surface area contributed by atoms with Crippen LogP contribution in [0.3, 0.4) is 0 Å². The fourth-order valence-corrected chi connectivity index (χ4v) is 4.25. The molecule has 0 radical (unpaired) electrons. The van der Waals surface area contributed by atoms with Gasteiger partial charge in [-0.15, -0.1) is 6.58 Å². The highest BCUT2D eigenvalue weighted by molar-refractivity contribution is 5.89. The Labute approximate surface area is 285 Å². The van der Waals surface area contributed by atoms with E-state index in [-0.39, 0.29) is 18.7 Å². The minimum absolute atomic E-state index is 0.0273. The van der Waals surface area contributed by atoms with E-state index in [1.54, 1.807) is 56.7 Å². The van der Waals surface area contributed by atoms with Crippen molar-refractivity contribution in [2.75, 3.05) is 49.3 Å². The number of methoxy groups -OCH3 is 6. The lowest BCUT2D eigenvalue weighted by Gasteiger charge is -2.24. The quantitative estimate of drug-likeness (QED) is 0.102. The number of aliphatic hydroxyl groups is 2. The Morgan fingerprint density at radius 3 is 1.35 bits per heavy atom. The Hall–Kier alpha value is -3.20. The maximum Gasteiger partial charge on any atom is 0.338 e. The summed E-state index contributed by atoms with van der Waals surface area (Å²) in [6.45, 7) is 5.60. The molecule has 3 atom stereocenters. The molecule has 0 aromatic heterocycles. The number of aliphatic hydroxyl groups excluding tert-OH is 2. The summed E-state index contributed by atoms with van der Waals surface area (Å²) >= 11 is 0. The first-order valence-electron chi connectivity index (χ1n) is 15.8. The second kappa shape index (κ2) is 28.8. The molecule has 48 heavy (non-hydrogen) atoms. The Balaban J connectivity index is 0.000000727. The minimum atomic E-state index is -0.640. The van der Waals surface area contributed by atoms with Crippen molar-refractivity contribution in [3.05, 3.63) is 84.4 Å². The summed E-state index contributed by atoms with van der Waals surface area (Å²) in [5.74, 6) is -0.775. The fourth-order valence-electron chi connectivity index (χ4n) is 4.25. The van der Waals surface area contributed by atoms with Crippen LogP contribution in [-0.2, 0) is 37.9 Å². The monoisotopic (exact) mass is 680 g/mol. The minimum Gasteiger partial charge on any atom is -0.453 e. The van der Waals surface area contributed by atoms with Gasteiger partial charge in [0.2, 0.25) is 0 Å². The second-order valence-corrected chi connectivity index (χ2v) is 10.2. The topological polar surface area (TPSA) is 148 Å². The summed E-state index contributed by atoms with van der Waals surface area (Å²) in [5.41, 5.74) is 1.01. The van der Waals surface area contributed by atoms with Gasteiger partial charge in [0.15, 0.2) is 31.1 Å². The average molecular weight is 681 g/mol. The normalized spacial score (nSPS) is 12.7. The number of carbonyl (C=O) groups excluding carboxylic acids is 2. The number of hydrogen-bond donors (Lipinski definition) is 2. The van der Waals surface area contributed by atoms with Crippen LogP contribution in [-0.4, -0.2) is 109 Å². The van der Waals surface area contributed by atoms with Crippen LogP contribution in [0.1, 0.15) is 66.2 Å². The van der Waals surface area contributed by atoms with Crippen LogP contribution in [0, 0.1) is 0 Å². The highest BCUT2D eigenvalue weighted by atomic mass is 16.7. The van der Waals surface area contributed by atoms with E-state index < -0.39 is 37.0 Å². The number of rotatable bonds is 21. The number of carbonyl (C=O) groups is 2. The molecule has 2 N–H and O–H groups in total. The Morgan fingerprint density at radius 1 is 0.667 bits per heavy atom. The molecule has 12 heteroatoms. The third kappa shape index (κ3) is 18.4. The number of benzene rings is 2. The molecule has 0 spiro atoms. The summed E-state index contributed by atoms with van der Waals surface area (Å²) in [6, 6.07) is 17.7. The van der Waals surface area contributed by atoms with Gasteiger partial charge >= 0.3 is 11.9 Å². The van der Waals surface area contributed by atoms with E-state index in [0.717, 1.165) is 19.3 Å². The lowest BCUT2D eigenvalue weighted by Crippen LogP contribution is -2.34. The summed E-state index contributed by atoms with van der Waals surface area (Å²) in [5, 5.41) is 18.1. The molecule has 3 unspecified atom stereocenters. The Morgan fingerprint density at radius 2 is 1.04 bits per heavy atom. The van der Waals surface area contributed by atoms with Gasteiger partial charge in [-0.2, -0.15) is 0 Å². The smallest absolute Gasteiger partial charge is 0.338 e. The van der Waals surface area contributed by atoms with Gasteiger partial charge in [0.25, 0.3) is 0 Å². The molecule has 0 heterocycles. The molecular weight excluding hydrogens is 624 g/mol. The molecule has 272 valence electrons. The molecular formula is C36H56O12. The summed E-state index contributed by atoms with van der Waals surface area (Å²) in [4.78, 5) is 24.0. The first-order chi connectivity index (χ1) is 23.2. The zero-order valence-corrected chi connectivity index (χ0v) is 29.4. The molecule has 2 rings (SSSR count). The lowest BCUT2D eigenvalue weighted by molar-refractivity contribution is -0.167. The third-order valence-electron chi connectivity index (χ3n) is 6.75. The lowest BCUT2D eigenvalue weighted by atomic mass is 10.1. The predicted octanol–water partition coefficient (Wildman–Crippen LogP) is 5.17. The van der Waals surface area contributed by atoms with Gasteiger partial charge in [-0.05, 0) is 56.4 Å². The largest absolute Gasteiger partial charge is 0.453 e. The molecule has 0 amide bonds. The van der Waals surface area contributed by atoms with Gasteiger partial charge < -0.3 is 48.1 Å². The van der Waals surface area contributed by atoms with Crippen molar-refractivity contribution >= 4 is 11.9 Å². The van der Waals surface area contributed by atoms with Crippen molar-refractivity contribution in [2.24, 2.45) is 0 Å². The van der Waals surface area contributed by atoms with Crippen molar-refractivity contribution in [3.63, 3.8) is 0 Å². The van der Waals surface area contributed by atoms with Crippen LogP contribution >= 0.6 is 0 Å². The first kappa shape index (κ1) is 44.8. The maximum atomic E-state index is 12.0. The third-order valence-corrected chi connectivity index (χ3v) is 6.75. The van der Waals surface area contributed by atoms with Gasteiger partial charge in [0.1, 0.15) is 6.10 Å². The molecule has 0 saturated heterocycles. The van der Waals surface area contributed by atoms with E-state index in [2.05, 4.69) is 13.5 Å². The molecule has 0 aliphatic carbocycles. The van der Waals surface area contributed by atoms with Crippen LogP contribution in [0.4, 0.5) is 0 Å². The van der Waals surface area contributed by atoms with Crippen LogP contribution in [0.5, 0.6) is 0 Å². The van der Waals surface area contributed by atoms with E-state index in [1.807, 2.05) is 24.3 Å². The summed E-state index contributed by atoms with van der Waals surface area (Å²) < 4.78 is 41.1. The van der Waals surface area contributed by atoms with Crippen molar-refractivity contribution in [3.8, 4) is 0 Å². The summed E-state index contributed by atoms with van der Waals surface area (Å²) in [6.07, 6.45) is 2.53.